The lowest BCUT2D eigenvalue weighted by Gasteiger charge is -2.13. The maximum atomic E-state index is 11.9. The minimum Gasteiger partial charge on any atom is -0.483 e. The van der Waals surface area contributed by atoms with Crippen LogP contribution >= 0.6 is 23.2 Å². The molecule has 0 atom stereocenters. The fraction of sp³-hybridized carbons (Fsp3) is 0.263. The average molecular weight is 395 g/mol. The second-order valence-corrected chi connectivity index (χ2v) is 6.81. The Kier molecular flexibility index (Phi) is 6.89. The summed E-state index contributed by atoms with van der Waals surface area (Å²) in [5.41, 5.74) is 3.45. The van der Waals surface area contributed by atoms with Crippen molar-refractivity contribution in [1.29, 1.82) is 0 Å². The Labute approximate surface area is 162 Å². The van der Waals surface area contributed by atoms with E-state index in [9.17, 15) is 9.59 Å². The van der Waals surface area contributed by atoms with Gasteiger partial charge in [-0.05, 0) is 50.1 Å². The Morgan fingerprint density at radius 1 is 1.00 bits per heavy atom. The van der Waals surface area contributed by atoms with E-state index in [0.29, 0.717) is 21.5 Å². The van der Waals surface area contributed by atoms with E-state index in [0.717, 1.165) is 16.7 Å². The van der Waals surface area contributed by atoms with Crippen LogP contribution in [0, 0.1) is 20.8 Å². The fourth-order valence-corrected chi connectivity index (χ4v) is 2.89. The molecule has 0 saturated heterocycles. The number of carbonyl (C=O) groups excluding carboxylic acids is 2. The van der Waals surface area contributed by atoms with Crippen LogP contribution in [0.3, 0.4) is 0 Å². The van der Waals surface area contributed by atoms with Crippen molar-refractivity contribution in [2.24, 2.45) is 0 Å². The number of carbonyl (C=O) groups is 2. The van der Waals surface area contributed by atoms with E-state index >= 15 is 0 Å². The van der Waals surface area contributed by atoms with Gasteiger partial charge in [0.15, 0.2) is 6.61 Å². The lowest BCUT2D eigenvalue weighted by Crippen LogP contribution is -2.35. The van der Waals surface area contributed by atoms with Crippen molar-refractivity contribution in [2.75, 3.05) is 18.5 Å². The van der Waals surface area contributed by atoms with Gasteiger partial charge in [0.1, 0.15) is 5.75 Å². The van der Waals surface area contributed by atoms with Gasteiger partial charge in [-0.1, -0.05) is 40.9 Å². The van der Waals surface area contributed by atoms with E-state index in [1.165, 1.54) is 6.07 Å². The number of nitrogens with one attached hydrogen (secondary N) is 2. The summed E-state index contributed by atoms with van der Waals surface area (Å²) in [6.07, 6.45) is 0. The Bertz CT molecular complexity index is 815. The summed E-state index contributed by atoms with van der Waals surface area (Å²) in [6, 6.07) is 8.71. The molecule has 7 heteroatoms. The van der Waals surface area contributed by atoms with Crippen LogP contribution in [-0.2, 0) is 9.59 Å². The lowest BCUT2D eigenvalue weighted by atomic mass is 10.1. The monoisotopic (exact) mass is 394 g/mol. The summed E-state index contributed by atoms with van der Waals surface area (Å²) in [6.45, 7) is 5.49. The highest BCUT2D eigenvalue weighted by Crippen LogP contribution is 2.25. The second kappa shape index (κ2) is 8.92. The first-order valence-corrected chi connectivity index (χ1v) is 8.74. The minimum absolute atomic E-state index is 0.171. The molecule has 2 aromatic carbocycles. The number of aryl methyl sites for hydroxylation is 3. The fourth-order valence-electron chi connectivity index (χ4n) is 2.55. The van der Waals surface area contributed by atoms with Crippen LogP contribution in [0.2, 0.25) is 10.0 Å². The van der Waals surface area contributed by atoms with Gasteiger partial charge in [0, 0.05) is 5.02 Å². The number of ether oxygens (including phenoxy) is 1. The number of benzene rings is 2. The zero-order valence-corrected chi connectivity index (χ0v) is 16.3. The summed E-state index contributed by atoms with van der Waals surface area (Å²) in [4.78, 5) is 23.9. The standard InChI is InChI=1S/C19H20Cl2N2O3/c1-11-6-12(2)19(13(3)7-11)26-10-18(25)22-9-17(24)23-16-8-14(20)4-5-15(16)21/h4-8H,9-10H2,1-3H3,(H,22,25)(H,23,24). The molecule has 2 N–H and O–H groups in total. The smallest absolute Gasteiger partial charge is 0.258 e. The van der Waals surface area contributed by atoms with Gasteiger partial charge >= 0.3 is 0 Å². The van der Waals surface area contributed by atoms with Crippen molar-refractivity contribution in [3.05, 3.63) is 57.1 Å². The van der Waals surface area contributed by atoms with Crippen molar-refractivity contribution < 1.29 is 14.3 Å². The molecule has 2 rings (SSSR count). The molecule has 0 aromatic heterocycles. The first-order valence-electron chi connectivity index (χ1n) is 7.98. The van der Waals surface area contributed by atoms with Crippen molar-refractivity contribution in [3.8, 4) is 5.75 Å². The molecule has 26 heavy (non-hydrogen) atoms. The maximum absolute atomic E-state index is 11.9. The van der Waals surface area contributed by atoms with Crippen LogP contribution in [0.1, 0.15) is 16.7 Å². The zero-order valence-electron chi connectivity index (χ0n) is 14.8. The van der Waals surface area contributed by atoms with Crippen LogP contribution in [0.15, 0.2) is 30.3 Å². The number of hydrogen-bond donors (Lipinski definition) is 2. The largest absolute Gasteiger partial charge is 0.483 e. The first-order chi connectivity index (χ1) is 12.3. The third-order valence-electron chi connectivity index (χ3n) is 3.60. The first kappa shape index (κ1) is 20.1. The number of rotatable bonds is 6. The molecule has 0 fully saturated rings. The van der Waals surface area contributed by atoms with Crippen LogP contribution in [0.5, 0.6) is 5.75 Å². The molecule has 5 nitrogen and oxygen atoms in total. The average Bonchev–Trinajstić information content (AvgIpc) is 2.55. The van der Waals surface area contributed by atoms with Crippen LogP contribution < -0.4 is 15.4 Å². The van der Waals surface area contributed by atoms with E-state index in [1.807, 2.05) is 32.9 Å². The molecule has 2 amide bonds. The molecule has 0 unspecified atom stereocenters. The predicted octanol–water partition coefficient (Wildman–Crippen LogP) is 4.05. The summed E-state index contributed by atoms with van der Waals surface area (Å²) < 4.78 is 5.59. The van der Waals surface area contributed by atoms with Gasteiger partial charge in [-0.2, -0.15) is 0 Å². The molecule has 0 aliphatic rings. The number of halogens is 2. The van der Waals surface area contributed by atoms with Gasteiger partial charge in [0.2, 0.25) is 5.91 Å². The van der Waals surface area contributed by atoms with Crippen molar-refractivity contribution in [1.82, 2.24) is 5.32 Å². The molecule has 0 heterocycles. The number of hydrogen-bond acceptors (Lipinski definition) is 3. The Morgan fingerprint density at radius 3 is 2.31 bits per heavy atom. The van der Waals surface area contributed by atoms with E-state index in [1.54, 1.807) is 12.1 Å². The highest BCUT2D eigenvalue weighted by atomic mass is 35.5. The normalized spacial score (nSPS) is 10.3. The van der Waals surface area contributed by atoms with E-state index < -0.39 is 11.8 Å². The molecular weight excluding hydrogens is 375 g/mol. The third kappa shape index (κ3) is 5.64. The number of amides is 2. The quantitative estimate of drug-likeness (QED) is 0.776. The molecule has 0 spiro atoms. The highest BCUT2D eigenvalue weighted by Gasteiger charge is 2.11. The second-order valence-electron chi connectivity index (χ2n) is 5.97. The van der Waals surface area contributed by atoms with Crippen molar-refractivity contribution in [2.45, 2.75) is 20.8 Å². The van der Waals surface area contributed by atoms with Crippen molar-refractivity contribution >= 4 is 40.7 Å². The minimum atomic E-state index is -0.412. The number of anilines is 1. The van der Waals surface area contributed by atoms with Gasteiger partial charge in [-0.15, -0.1) is 0 Å². The van der Waals surface area contributed by atoms with Crippen LogP contribution in [-0.4, -0.2) is 25.0 Å². The Hall–Kier alpha value is -2.24. The Balaban J connectivity index is 1.83. The highest BCUT2D eigenvalue weighted by molar-refractivity contribution is 6.35. The van der Waals surface area contributed by atoms with Crippen molar-refractivity contribution in [3.63, 3.8) is 0 Å². The SMILES string of the molecule is Cc1cc(C)c(OCC(=O)NCC(=O)Nc2cc(Cl)ccc2Cl)c(C)c1. The third-order valence-corrected chi connectivity index (χ3v) is 4.17. The molecule has 2 aromatic rings. The lowest BCUT2D eigenvalue weighted by molar-refractivity contribution is -0.125. The topological polar surface area (TPSA) is 67.4 Å². The summed E-state index contributed by atoms with van der Waals surface area (Å²) in [7, 11) is 0. The van der Waals surface area contributed by atoms with Crippen LogP contribution in [0.25, 0.3) is 0 Å². The van der Waals surface area contributed by atoms with Gasteiger partial charge < -0.3 is 15.4 Å². The van der Waals surface area contributed by atoms with Gasteiger partial charge in [0.05, 0.1) is 17.3 Å². The van der Waals surface area contributed by atoms with E-state index in [-0.39, 0.29) is 13.2 Å². The van der Waals surface area contributed by atoms with Crippen LogP contribution in [0.4, 0.5) is 5.69 Å². The summed E-state index contributed by atoms with van der Waals surface area (Å²) in [5, 5.41) is 5.91. The summed E-state index contributed by atoms with van der Waals surface area (Å²) >= 11 is 11.8. The van der Waals surface area contributed by atoms with E-state index in [4.69, 9.17) is 27.9 Å². The molecule has 0 bridgehead atoms. The molecular formula is C19H20Cl2N2O3. The Morgan fingerprint density at radius 2 is 1.65 bits per heavy atom. The predicted molar refractivity (Wildman–Crippen MR) is 104 cm³/mol. The van der Waals surface area contributed by atoms with E-state index in [2.05, 4.69) is 10.6 Å². The van der Waals surface area contributed by atoms with Gasteiger partial charge in [-0.3, -0.25) is 9.59 Å². The van der Waals surface area contributed by atoms with Gasteiger partial charge in [0.25, 0.3) is 5.91 Å². The summed E-state index contributed by atoms with van der Waals surface area (Å²) in [5.74, 6) is -0.122. The molecule has 0 aliphatic heterocycles. The molecule has 0 saturated carbocycles. The molecule has 0 radical (unpaired) electrons. The van der Waals surface area contributed by atoms with Gasteiger partial charge in [-0.25, -0.2) is 0 Å². The zero-order chi connectivity index (χ0) is 19.3. The molecule has 0 aliphatic carbocycles. The molecule has 138 valence electrons. The maximum Gasteiger partial charge on any atom is 0.258 e.